The summed E-state index contributed by atoms with van der Waals surface area (Å²) in [6.07, 6.45) is 0. The number of aryl methyl sites for hydroxylation is 2. The Morgan fingerprint density at radius 2 is 1.55 bits per heavy atom. The minimum atomic E-state index is -0.194. The van der Waals surface area contributed by atoms with E-state index in [1.807, 2.05) is 12.1 Å². The molecule has 5 heteroatoms. The van der Waals surface area contributed by atoms with Crippen LogP contribution in [0.3, 0.4) is 0 Å². The fourth-order valence-electron chi connectivity index (χ4n) is 4.97. The number of imidazole rings is 1. The van der Waals surface area contributed by atoms with Crippen molar-refractivity contribution in [3.05, 3.63) is 89.5 Å². The molecule has 1 aliphatic heterocycles. The zero-order valence-electron chi connectivity index (χ0n) is 19.5. The van der Waals surface area contributed by atoms with Crippen molar-refractivity contribution in [3.63, 3.8) is 0 Å². The minimum absolute atomic E-state index is 0.194. The lowest BCUT2D eigenvalue weighted by Gasteiger charge is -2.35. The van der Waals surface area contributed by atoms with E-state index >= 15 is 0 Å². The van der Waals surface area contributed by atoms with E-state index in [1.54, 1.807) is 0 Å². The van der Waals surface area contributed by atoms with Gasteiger partial charge in [0.05, 0.1) is 11.0 Å². The van der Waals surface area contributed by atoms with E-state index in [9.17, 15) is 4.39 Å². The second-order valence-electron chi connectivity index (χ2n) is 8.94. The Morgan fingerprint density at radius 3 is 2.27 bits per heavy atom. The van der Waals surface area contributed by atoms with Gasteiger partial charge in [-0.15, -0.1) is 0 Å². The van der Waals surface area contributed by atoms with Gasteiger partial charge in [-0.25, -0.2) is 9.37 Å². The Labute approximate surface area is 195 Å². The average Bonchev–Trinajstić information content (AvgIpc) is 3.15. The highest BCUT2D eigenvalue weighted by molar-refractivity contribution is 5.77. The topological polar surface area (TPSA) is 24.3 Å². The fourth-order valence-corrected chi connectivity index (χ4v) is 4.97. The highest BCUT2D eigenvalue weighted by Crippen LogP contribution is 2.26. The lowest BCUT2D eigenvalue weighted by molar-refractivity contribution is 0.122. The first-order chi connectivity index (χ1) is 16.1. The Kier molecular flexibility index (Phi) is 6.25. The molecule has 0 aliphatic carbocycles. The third-order valence-electron chi connectivity index (χ3n) is 6.76. The third kappa shape index (κ3) is 4.70. The van der Waals surface area contributed by atoms with Gasteiger partial charge in [-0.1, -0.05) is 42.5 Å². The normalized spacial score (nSPS) is 15.4. The van der Waals surface area contributed by atoms with Crippen molar-refractivity contribution >= 4 is 11.0 Å². The van der Waals surface area contributed by atoms with Crippen molar-refractivity contribution < 1.29 is 4.39 Å². The first kappa shape index (κ1) is 21.8. The fraction of sp³-hybridized carbons (Fsp3) is 0.321. The van der Waals surface area contributed by atoms with Crippen LogP contribution in [0.15, 0.2) is 66.7 Å². The summed E-state index contributed by atoms with van der Waals surface area (Å²) in [6, 6.07) is 22.0. The lowest BCUT2D eigenvalue weighted by atomic mass is 9.99. The molecule has 4 nitrogen and oxygen atoms in total. The van der Waals surface area contributed by atoms with Crippen LogP contribution < -0.4 is 0 Å². The first-order valence-electron chi connectivity index (χ1n) is 11.8. The summed E-state index contributed by atoms with van der Waals surface area (Å²) in [4.78, 5) is 9.81. The summed E-state index contributed by atoms with van der Waals surface area (Å²) >= 11 is 0. The van der Waals surface area contributed by atoms with Gasteiger partial charge in [-0.3, -0.25) is 9.80 Å². The van der Waals surface area contributed by atoms with E-state index in [4.69, 9.17) is 4.98 Å². The van der Waals surface area contributed by atoms with E-state index in [2.05, 4.69) is 70.7 Å². The molecule has 0 amide bonds. The van der Waals surface area contributed by atoms with Gasteiger partial charge in [0, 0.05) is 45.8 Å². The van der Waals surface area contributed by atoms with Crippen molar-refractivity contribution in [2.45, 2.75) is 33.5 Å². The SMILES string of the molecule is CCn1c(C)nc2cc(CN3CCN(Cc4ccccc4-c4ccc(F)cc4)CC3)ccc21. The number of hydrogen-bond donors (Lipinski definition) is 0. The maximum absolute atomic E-state index is 13.4. The predicted molar refractivity (Wildman–Crippen MR) is 133 cm³/mol. The van der Waals surface area contributed by atoms with Crippen LogP contribution >= 0.6 is 0 Å². The molecule has 0 unspecified atom stereocenters. The number of rotatable bonds is 6. The van der Waals surface area contributed by atoms with Crippen LogP contribution in [0.4, 0.5) is 4.39 Å². The number of aromatic nitrogens is 2. The van der Waals surface area contributed by atoms with Gasteiger partial charge < -0.3 is 4.57 Å². The van der Waals surface area contributed by atoms with Crippen LogP contribution in [0.2, 0.25) is 0 Å². The largest absolute Gasteiger partial charge is 0.329 e. The lowest BCUT2D eigenvalue weighted by Crippen LogP contribution is -2.45. The smallest absolute Gasteiger partial charge is 0.123 e. The maximum atomic E-state index is 13.4. The van der Waals surface area contributed by atoms with Crippen molar-refractivity contribution in [1.29, 1.82) is 0 Å². The second kappa shape index (κ2) is 9.46. The number of benzene rings is 3. The standard InChI is InChI=1S/C28H31FN4/c1-3-33-21(2)30-27-18-22(8-13-28(27)33)19-31-14-16-32(17-15-31)20-24-6-4-5-7-26(24)23-9-11-25(29)12-10-23/h4-13,18H,3,14-17,19-20H2,1-2H3. The van der Waals surface area contributed by atoms with Gasteiger partial charge in [0.2, 0.25) is 0 Å². The van der Waals surface area contributed by atoms with E-state index in [0.29, 0.717) is 0 Å². The minimum Gasteiger partial charge on any atom is -0.329 e. The molecule has 1 aromatic heterocycles. The predicted octanol–water partition coefficient (Wildman–Crippen LogP) is 5.49. The monoisotopic (exact) mass is 442 g/mol. The van der Waals surface area contributed by atoms with E-state index in [-0.39, 0.29) is 5.82 Å². The molecule has 0 radical (unpaired) electrons. The molecule has 0 N–H and O–H groups in total. The number of fused-ring (bicyclic) bond motifs is 1. The molecule has 3 aromatic carbocycles. The Bertz CT molecular complexity index is 1240. The third-order valence-corrected chi connectivity index (χ3v) is 6.76. The molecule has 4 aromatic rings. The molecule has 0 atom stereocenters. The summed E-state index contributed by atoms with van der Waals surface area (Å²) in [6.45, 7) is 11.3. The molecule has 0 bridgehead atoms. The van der Waals surface area contributed by atoms with Gasteiger partial charge in [-0.2, -0.15) is 0 Å². The summed E-state index contributed by atoms with van der Waals surface area (Å²) in [5.41, 5.74) is 7.21. The molecular weight excluding hydrogens is 411 g/mol. The second-order valence-corrected chi connectivity index (χ2v) is 8.94. The molecule has 1 aliphatic rings. The first-order valence-corrected chi connectivity index (χ1v) is 11.8. The number of piperazine rings is 1. The average molecular weight is 443 g/mol. The Hall–Kier alpha value is -3.02. The van der Waals surface area contributed by atoms with Crippen LogP contribution in [0.1, 0.15) is 23.9 Å². The van der Waals surface area contributed by atoms with Crippen LogP contribution in [-0.2, 0) is 19.6 Å². The zero-order valence-corrected chi connectivity index (χ0v) is 19.5. The van der Waals surface area contributed by atoms with Crippen LogP contribution in [0.25, 0.3) is 22.2 Å². The van der Waals surface area contributed by atoms with Gasteiger partial charge in [0.25, 0.3) is 0 Å². The molecule has 5 rings (SSSR count). The van der Waals surface area contributed by atoms with Crippen molar-refractivity contribution in [2.75, 3.05) is 26.2 Å². The van der Waals surface area contributed by atoms with Crippen LogP contribution in [0, 0.1) is 12.7 Å². The Balaban J connectivity index is 1.22. The van der Waals surface area contributed by atoms with Gasteiger partial charge in [0.15, 0.2) is 0 Å². The number of hydrogen-bond acceptors (Lipinski definition) is 3. The molecule has 33 heavy (non-hydrogen) atoms. The van der Waals surface area contributed by atoms with Crippen molar-refractivity contribution in [1.82, 2.24) is 19.4 Å². The maximum Gasteiger partial charge on any atom is 0.123 e. The molecule has 1 saturated heterocycles. The number of halogens is 1. The molecule has 2 heterocycles. The van der Waals surface area contributed by atoms with Gasteiger partial charge >= 0.3 is 0 Å². The molecule has 0 saturated carbocycles. The quantitative estimate of drug-likeness (QED) is 0.395. The van der Waals surface area contributed by atoms with Crippen LogP contribution in [0.5, 0.6) is 0 Å². The highest BCUT2D eigenvalue weighted by Gasteiger charge is 2.19. The van der Waals surface area contributed by atoms with E-state index in [0.717, 1.165) is 62.7 Å². The summed E-state index contributed by atoms with van der Waals surface area (Å²) in [5.74, 6) is 0.888. The van der Waals surface area contributed by atoms with Crippen LogP contribution in [-0.4, -0.2) is 45.5 Å². The molecule has 0 spiro atoms. The summed E-state index contributed by atoms with van der Waals surface area (Å²) in [5, 5.41) is 0. The Morgan fingerprint density at radius 1 is 0.848 bits per heavy atom. The van der Waals surface area contributed by atoms with Crippen molar-refractivity contribution in [3.8, 4) is 11.1 Å². The highest BCUT2D eigenvalue weighted by atomic mass is 19.1. The zero-order chi connectivity index (χ0) is 22.8. The van der Waals surface area contributed by atoms with E-state index < -0.39 is 0 Å². The molecule has 1 fully saturated rings. The van der Waals surface area contributed by atoms with Gasteiger partial charge in [0.1, 0.15) is 11.6 Å². The molecule has 170 valence electrons. The van der Waals surface area contributed by atoms with Crippen molar-refractivity contribution in [2.24, 2.45) is 0 Å². The number of nitrogens with zero attached hydrogens (tertiary/aromatic N) is 4. The van der Waals surface area contributed by atoms with E-state index in [1.165, 1.54) is 34.3 Å². The summed E-state index contributed by atoms with van der Waals surface area (Å²) < 4.78 is 15.6. The van der Waals surface area contributed by atoms with Gasteiger partial charge in [-0.05, 0) is 60.4 Å². The summed E-state index contributed by atoms with van der Waals surface area (Å²) in [7, 11) is 0. The molecular formula is C28H31FN4.